The minimum absolute atomic E-state index is 0.0773. The summed E-state index contributed by atoms with van der Waals surface area (Å²) in [5.41, 5.74) is 12.4. The Labute approximate surface area is 117 Å². The standard InChI is InChI=1S/C14H18N2O4/c1-8(2)13(17)20-9(3)7-19-14(18)11-6-10(15)4-5-12(11)16/h4-6,9H,1,7,15-16H2,2-3H3. The molecule has 0 bridgehead atoms. The van der Waals surface area contributed by atoms with Gasteiger partial charge in [-0.05, 0) is 32.0 Å². The van der Waals surface area contributed by atoms with E-state index in [-0.39, 0.29) is 23.4 Å². The predicted octanol–water partition coefficient (Wildman–Crippen LogP) is 1.52. The van der Waals surface area contributed by atoms with Crippen LogP contribution in [0.2, 0.25) is 0 Å². The Morgan fingerprint density at radius 3 is 2.60 bits per heavy atom. The van der Waals surface area contributed by atoms with Crippen LogP contribution in [-0.4, -0.2) is 24.6 Å². The molecule has 0 spiro atoms. The van der Waals surface area contributed by atoms with Gasteiger partial charge < -0.3 is 20.9 Å². The molecule has 0 radical (unpaired) electrons. The van der Waals surface area contributed by atoms with Gasteiger partial charge in [0.25, 0.3) is 0 Å². The number of carbonyl (C=O) groups is 2. The van der Waals surface area contributed by atoms with Crippen molar-refractivity contribution in [3.63, 3.8) is 0 Å². The average molecular weight is 278 g/mol. The summed E-state index contributed by atoms with van der Waals surface area (Å²) in [5, 5.41) is 0. The van der Waals surface area contributed by atoms with Crippen molar-refractivity contribution in [1.82, 2.24) is 0 Å². The first-order chi connectivity index (χ1) is 9.31. The maximum atomic E-state index is 11.8. The fraction of sp³-hybridized carbons (Fsp3) is 0.286. The molecule has 1 unspecified atom stereocenters. The zero-order valence-electron chi connectivity index (χ0n) is 11.5. The first-order valence-electron chi connectivity index (χ1n) is 6.00. The monoisotopic (exact) mass is 278 g/mol. The van der Waals surface area contributed by atoms with Crippen LogP contribution in [0.25, 0.3) is 0 Å². The van der Waals surface area contributed by atoms with Crippen LogP contribution in [0.15, 0.2) is 30.4 Å². The largest absolute Gasteiger partial charge is 0.458 e. The summed E-state index contributed by atoms with van der Waals surface area (Å²) in [6.45, 7) is 6.53. The quantitative estimate of drug-likeness (QED) is 0.480. The van der Waals surface area contributed by atoms with E-state index >= 15 is 0 Å². The number of benzene rings is 1. The van der Waals surface area contributed by atoms with Crippen molar-refractivity contribution in [3.8, 4) is 0 Å². The molecule has 6 heteroatoms. The highest BCUT2D eigenvalue weighted by atomic mass is 16.6. The van der Waals surface area contributed by atoms with Gasteiger partial charge in [0.1, 0.15) is 12.7 Å². The number of rotatable bonds is 5. The number of ether oxygens (including phenoxy) is 2. The van der Waals surface area contributed by atoms with E-state index in [1.807, 2.05) is 0 Å². The highest BCUT2D eigenvalue weighted by Gasteiger charge is 2.15. The van der Waals surface area contributed by atoms with E-state index < -0.39 is 18.0 Å². The van der Waals surface area contributed by atoms with E-state index in [1.165, 1.54) is 19.1 Å². The van der Waals surface area contributed by atoms with E-state index in [4.69, 9.17) is 20.9 Å². The van der Waals surface area contributed by atoms with Gasteiger partial charge in [-0.15, -0.1) is 0 Å². The summed E-state index contributed by atoms with van der Waals surface area (Å²) < 4.78 is 10.0. The lowest BCUT2D eigenvalue weighted by Crippen LogP contribution is -2.23. The Morgan fingerprint density at radius 2 is 2.00 bits per heavy atom. The van der Waals surface area contributed by atoms with Crippen LogP contribution in [-0.2, 0) is 14.3 Å². The summed E-state index contributed by atoms with van der Waals surface area (Å²) in [6, 6.07) is 4.54. The topological polar surface area (TPSA) is 105 Å². The van der Waals surface area contributed by atoms with E-state index in [0.29, 0.717) is 5.69 Å². The molecule has 1 aromatic rings. The Hall–Kier alpha value is -2.50. The molecule has 4 N–H and O–H groups in total. The molecule has 0 saturated carbocycles. The highest BCUT2D eigenvalue weighted by Crippen LogP contribution is 2.16. The van der Waals surface area contributed by atoms with Crippen LogP contribution in [0, 0.1) is 0 Å². The molecule has 0 amide bonds. The maximum absolute atomic E-state index is 11.8. The molecule has 108 valence electrons. The Morgan fingerprint density at radius 1 is 1.35 bits per heavy atom. The fourth-order valence-corrected chi connectivity index (χ4v) is 1.34. The summed E-state index contributed by atoms with van der Waals surface area (Å²) in [6.07, 6.45) is -0.578. The van der Waals surface area contributed by atoms with Gasteiger partial charge in [0, 0.05) is 16.9 Å². The predicted molar refractivity (Wildman–Crippen MR) is 75.9 cm³/mol. The molecule has 1 rings (SSSR count). The van der Waals surface area contributed by atoms with Crippen LogP contribution in [0.5, 0.6) is 0 Å². The third-order valence-corrected chi connectivity index (χ3v) is 2.40. The molecule has 6 nitrogen and oxygen atoms in total. The number of carbonyl (C=O) groups excluding carboxylic acids is 2. The van der Waals surface area contributed by atoms with Gasteiger partial charge in [0.15, 0.2) is 0 Å². The van der Waals surface area contributed by atoms with E-state index in [2.05, 4.69) is 6.58 Å². The minimum Gasteiger partial charge on any atom is -0.458 e. The zero-order valence-corrected chi connectivity index (χ0v) is 11.5. The van der Waals surface area contributed by atoms with Gasteiger partial charge in [0.05, 0.1) is 5.56 Å². The molecule has 1 atom stereocenters. The van der Waals surface area contributed by atoms with Crippen LogP contribution in [0.1, 0.15) is 24.2 Å². The van der Waals surface area contributed by atoms with Crippen LogP contribution in [0.3, 0.4) is 0 Å². The highest BCUT2D eigenvalue weighted by molar-refractivity contribution is 5.96. The molecule has 0 aliphatic carbocycles. The summed E-state index contributed by atoms with van der Waals surface area (Å²) >= 11 is 0. The second-order valence-electron chi connectivity index (χ2n) is 4.44. The first kappa shape index (κ1) is 15.6. The van der Waals surface area contributed by atoms with Crippen LogP contribution in [0.4, 0.5) is 11.4 Å². The van der Waals surface area contributed by atoms with Crippen molar-refractivity contribution in [3.05, 3.63) is 35.9 Å². The smallest absolute Gasteiger partial charge is 0.340 e. The molecule has 0 aliphatic heterocycles. The summed E-state index contributed by atoms with van der Waals surface area (Å²) in [4.78, 5) is 23.1. The van der Waals surface area contributed by atoms with E-state index in [1.54, 1.807) is 13.0 Å². The van der Waals surface area contributed by atoms with Gasteiger partial charge in [-0.25, -0.2) is 9.59 Å². The third kappa shape index (κ3) is 4.31. The van der Waals surface area contributed by atoms with Crippen LogP contribution < -0.4 is 11.5 Å². The average Bonchev–Trinajstić information content (AvgIpc) is 2.38. The van der Waals surface area contributed by atoms with Crippen molar-refractivity contribution in [2.45, 2.75) is 20.0 Å². The van der Waals surface area contributed by atoms with Gasteiger partial charge in [-0.1, -0.05) is 6.58 Å². The zero-order chi connectivity index (χ0) is 15.3. The Bertz CT molecular complexity index is 540. The SMILES string of the molecule is C=C(C)C(=O)OC(C)COC(=O)c1cc(N)ccc1N. The maximum Gasteiger partial charge on any atom is 0.340 e. The van der Waals surface area contributed by atoms with E-state index in [0.717, 1.165) is 0 Å². The van der Waals surface area contributed by atoms with Crippen molar-refractivity contribution in [2.75, 3.05) is 18.1 Å². The molecule has 0 aliphatic rings. The summed E-state index contributed by atoms with van der Waals surface area (Å²) in [7, 11) is 0. The molecular formula is C14H18N2O4. The first-order valence-corrected chi connectivity index (χ1v) is 6.00. The van der Waals surface area contributed by atoms with Gasteiger partial charge in [0.2, 0.25) is 0 Å². The lowest BCUT2D eigenvalue weighted by Gasteiger charge is -2.14. The van der Waals surface area contributed by atoms with Crippen molar-refractivity contribution in [2.24, 2.45) is 0 Å². The molecule has 0 heterocycles. The van der Waals surface area contributed by atoms with Crippen molar-refractivity contribution in [1.29, 1.82) is 0 Å². The van der Waals surface area contributed by atoms with Gasteiger partial charge in [-0.3, -0.25) is 0 Å². The third-order valence-electron chi connectivity index (χ3n) is 2.40. The molecule has 0 aromatic heterocycles. The lowest BCUT2D eigenvalue weighted by molar-refractivity contribution is -0.145. The minimum atomic E-state index is -0.618. The normalized spacial score (nSPS) is 11.5. The Kier molecular flexibility index (Phi) is 5.14. The second-order valence-corrected chi connectivity index (χ2v) is 4.44. The molecular weight excluding hydrogens is 260 g/mol. The molecule has 0 fully saturated rings. The lowest BCUT2D eigenvalue weighted by atomic mass is 10.1. The number of nitrogens with two attached hydrogens (primary N) is 2. The summed E-state index contributed by atoms with van der Waals surface area (Å²) in [5.74, 6) is -1.15. The second kappa shape index (κ2) is 6.60. The van der Waals surface area contributed by atoms with Crippen LogP contribution >= 0.6 is 0 Å². The molecule has 0 saturated heterocycles. The number of hydrogen-bond acceptors (Lipinski definition) is 6. The number of nitrogen functional groups attached to an aromatic ring is 2. The number of esters is 2. The molecule has 20 heavy (non-hydrogen) atoms. The Balaban J connectivity index is 2.57. The van der Waals surface area contributed by atoms with Gasteiger partial charge >= 0.3 is 11.9 Å². The van der Waals surface area contributed by atoms with E-state index in [9.17, 15) is 9.59 Å². The van der Waals surface area contributed by atoms with Gasteiger partial charge in [-0.2, -0.15) is 0 Å². The molecule has 1 aromatic carbocycles. The number of hydrogen-bond donors (Lipinski definition) is 2. The van der Waals surface area contributed by atoms with Crippen molar-refractivity contribution >= 4 is 23.3 Å². The number of anilines is 2. The van der Waals surface area contributed by atoms with Crippen molar-refractivity contribution < 1.29 is 19.1 Å². The fourth-order valence-electron chi connectivity index (χ4n) is 1.34.